The lowest BCUT2D eigenvalue weighted by Gasteiger charge is -2.41. The lowest BCUT2D eigenvalue weighted by Crippen LogP contribution is -2.56. The Bertz CT molecular complexity index is 548. The van der Waals surface area contributed by atoms with Gasteiger partial charge in [0.25, 0.3) is 0 Å². The zero-order valence-corrected chi connectivity index (χ0v) is 13.1. The molecule has 0 saturated carbocycles. The van der Waals surface area contributed by atoms with Crippen molar-refractivity contribution in [2.24, 2.45) is 0 Å². The number of anilines is 1. The van der Waals surface area contributed by atoms with Crippen molar-refractivity contribution in [2.75, 3.05) is 32.5 Å². The summed E-state index contributed by atoms with van der Waals surface area (Å²) in [5.74, 6) is 0.407. The maximum atomic E-state index is 12.6. The monoisotopic (exact) mass is 299 g/mol. The Morgan fingerprint density at radius 2 is 1.70 bits per heavy atom. The third kappa shape index (κ3) is 2.77. The van der Waals surface area contributed by atoms with Gasteiger partial charge in [0.15, 0.2) is 0 Å². The summed E-state index contributed by atoms with van der Waals surface area (Å²) in [7, 11) is 0.183. The molecule has 112 valence electrons. The Hall–Kier alpha value is -1.25. The molecule has 1 N–H and O–H groups in total. The summed E-state index contributed by atoms with van der Waals surface area (Å²) in [5, 5.41) is 2.77. The van der Waals surface area contributed by atoms with E-state index in [0.717, 1.165) is 0 Å². The van der Waals surface area contributed by atoms with Gasteiger partial charge in [0.1, 0.15) is 4.90 Å². The average molecular weight is 299 g/mol. The molecular weight excluding hydrogens is 278 g/mol. The third-order valence-electron chi connectivity index (χ3n) is 3.82. The van der Waals surface area contributed by atoms with Gasteiger partial charge in [0, 0.05) is 32.2 Å². The molecule has 0 aliphatic carbocycles. The van der Waals surface area contributed by atoms with Crippen LogP contribution in [0.4, 0.5) is 5.95 Å². The van der Waals surface area contributed by atoms with Gasteiger partial charge < -0.3 is 5.32 Å². The van der Waals surface area contributed by atoms with Crippen molar-refractivity contribution in [1.29, 1.82) is 0 Å². The van der Waals surface area contributed by atoms with Crippen LogP contribution in [0.2, 0.25) is 0 Å². The standard InChI is InChI=1S/C12H21N5O2S/c1-9-7-17(8-10(2)16(9)4)20(18,19)11-5-14-12(13-3)15-6-11/h5-6,9-10H,7-8H2,1-4H3,(H,13,14,15). The van der Waals surface area contributed by atoms with Crippen LogP contribution in [-0.4, -0.2) is 66.9 Å². The van der Waals surface area contributed by atoms with Crippen LogP contribution >= 0.6 is 0 Å². The highest BCUT2D eigenvalue weighted by atomic mass is 32.2. The van der Waals surface area contributed by atoms with E-state index >= 15 is 0 Å². The van der Waals surface area contributed by atoms with Crippen LogP contribution in [0.5, 0.6) is 0 Å². The molecule has 8 heteroatoms. The number of hydrogen-bond acceptors (Lipinski definition) is 6. The number of piperazine rings is 1. The van der Waals surface area contributed by atoms with Crippen molar-refractivity contribution < 1.29 is 8.42 Å². The first-order valence-corrected chi connectivity index (χ1v) is 8.02. The molecule has 2 heterocycles. The molecule has 1 aliphatic heterocycles. The highest BCUT2D eigenvalue weighted by molar-refractivity contribution is 7.89. The van der Waals surface area contributed by atoms with E-state index in [1.165, 1.54) is 16.7 Å². The molecule has 0 aromatic carbocycles. The van der Waals surface area contributed by atoms with Crippen molar-refractivity contribution >= 4 is 16.0 Å². The topological polar surface area (TPSA) is 78.4 Å². The lowest BCUT2D eigenvalue weighted by molar-refractivity contribution is 0.105. The van der Waals surface area contributed by atoms with Crippen LogP contribution in [-0.2, 0) is 10.0 Å². The SMILES string of the molecule is CNc1ncc(S(=O)(=O)N2CC(C)N(C)C(C)C2)cn1. The molecule has 0 amide bonds. The lowest BCUT2D eigenvalue weighted by atomic mass is 10.1. The van der Waals surface area contributed by atoms with Crippen LogP contribution in [0.3, 0.4) is 0 Å². The molecule has 1 aliphatic rings. The maximum Gasteiger partial charge on any atom is 0.246 e. The number of likely N-dealkylation sites (N-methyl/N-ethyl adjacent to an activating group) is 1. The fraction of sp³-hybridized carbons (Fsp3) is 0.667. The molecule has 1 saturated heterocycles. The number of sulfonamides is 1. The Balaban J connectivity index is 2.25. The average Bonchev–Trinajstić information content (AvgIpc) is 2.44. The van der Waals surface area contributed by atoms with Crippen LogP contribution in [0.25, 0.3) is 0 Å². The zero-order chi connectivity index (χ0) is 14.9. The van der Waals surface area contributed by atoms with Crippen LogP contribution < -0.4 is 5.32 Å². The normalized spacial score (nSPS) is 25.6. The molecule has 2 atom stereocenters. The predicted molar refractivity (Wildman–Crippen MR) is 77.0 cm³/mol. The van der Waals surface area contributed by atoms with Crippen LogP contribution in [0, 0.1) is 0 Å². The smallest absolute Gasteiger partial charge is 0.246 e. The summed E-state index contributed by atoms with van der Waals surface area (Å²) in [6.45, 7) is 5.02. The van der Waals surface area contributed by atoms with Gasteiger partial charge in [0.2, 0.25) is 16.0 Å². The van der Waals surface area contributed by atoms with E-state index < -0.39 is 10.0 Å². The van der Waals surface area contributed by atoms with Gasteiger partial charge in [0.05, 0.1) is 12.4 Å². The molecule has 7 nitrogen and oxygen atoms in total. The summed E-state index contributed by atoms with van der Waals surface area (Å²) in [6.07, 6.45) is 2.70. The highest BCUT2D eigenvalue weighted by Gasteiger charge is 2.34. The molecular formula is C12H21N5O2S. The van der Waals surface area contributed by atoms with E-state index in [-0.39, 0.29) is 17.0 Å². The minimum absolute atomic E-state index is 0.139. The van der Waals surface area contributed by atoms with Crippen LogP contribution in [0.1, 0.15) is 13.8 Å². The van der Waals surface area contributed by atoms with E-state index in [1.807, 2.05) is 20.9 Å². The molecule has 20 heavy (non-hydrogen) atoms. The fourth-order valence-electron chi connectivity index (χ4n) is 2.28. The Labute approximate surface area is 120 Å². The number of rotatable bonds is 3. The first kappa shape index (κ1) is 15.1. The number of nitrogens with one attached hydrogen (secondary N) is 1. The van der Waals surface area contributed by atoms with Gasteiger partial charge in [-0.2, -0.15) is 4.31 Å². The van der Waals surface area contributed by atoms with Gasteiger partial charge in [-0.15, -0.1) is 0 Å². The van der Waals surface area contributed by atoms with Crippen molar-refractivity contribution in [2.45, 2.75) is 30.8 Å². The van der Waals surface area contributed by atoms with Gasteiger partial charge in [-0.3, -0.25) is 4.90 Å². The molecule has 0 bridgehead atoms. The number of hydrogen-bond donors (Lipinski definition) is 1. The van der Waals surface area contributed by atoms with E-state index in [2.05, 4.69) is 20.2 Å². The second-order valence-corrected chi connectivity index (χ2v) is 7.12. The summed E-state index contributed by atoms with van der Waals surface area (Å²) in [4.78, 5) is 10.3. The molecule has 0 radical (unpaired) electrons. The van der Waals surface area contributed by atoms with E-state index in [0.29, 0.717) is 19.0 Å². The Kier molecular flexibility index (Phi) is 4.26. The first-order valence-electron chi connectivity index (χ1n) is 6.58. The summed E-state index contributed by atoms with van der Waals surface area (Å²) in [6, 6.07) is 0.372. The van der Waals surface area contributed by atoms with Gasteiger partial charge in [-0.25, -0.2) is 18.4 Å². The number of aromatic nitrogens is 2. The van der Waals surface area contributed by atoms with Crippen molar-refractivity contribution in [1.82, 2.24) is 19.2 Å². The summed E-state index contributed by atoms with van der Waals surface area (Å²) < 4.78 is 26.7. The van der Waals surface area contributed by atoms with Gasteiger partial charge in [-0.05, 0) is 20.9 Å². The van der Waals surface area contributed by atoms with E-state index in [1.54, 1.807) is 7.05 Å². The predicted octanol–water partition coefficient (Wildman–Crippen LogP) is 0.231. The molecule has 0 spiro atoms. The maximum absolute atomic E-state index is 12.6. The number of nitrogens with zero attached hydrogens (tertiary/aromatic N) is 4. The van der Waals surface area contributed by atoms with Crippen molar-refractivity contribution in [3.8, 4) is 0 Å². The molecule has 1 aromatic rings. The minimum Gasteiger partial charge on any atom is -0.357 e. The van der Waals surface area contributed by atoms with Gasteiger partial charge >= 0.3 is 0 Å². The van der Waals surface area contributed by atoms with Crippen molar-refractivity contribution in [3.05, 3.63) is 12.4 Å². The van der Waals surface area contributed by atoms with E-state index in [9.17, 15) is 8.42 Å². The second kappa shape index (κ2) is 5.63. The van der Waals surface area contributed by atoms with Crippen LogP contribution in [0.15, 0.2) is 17.3 Å². The summed E-state index contributed by atoms with van der Waals surface area (Å²) >= 11 is 0. The molecule has 1 aromatic heterocycles. The minimum atomic E-state index is -3.52. The molecule has 2 unspecified atom stereocenters. The summed E-state index contributed by atoms with van der Waals surface area (Å²) in [5.41, 5.74) is 0. The zero-order valence-electron chi connectivity index (χ0n) is 12.2. The largest absolute Gasteiger partial charge is 0.357 e. The fourth-order valence-corrected chi connectivity index (χ4v) is 3.77. The quantitative estimate of drug-likeness (QED) is 0.861. The Morgan fingerprint density at radius 3 is 2.15 bits per heavy atom. The van der Waals surface area contributed by atoms with Gasteiger partial charge in [-0.1, -0.05) is 0 Å². The Morgan fingerprint density at radius 1 is 1.20 bits per heavy atom. The van der Waals surface area contributed by atoms with E-state index in [4.69, 9.17) is 0 Å². The molecule has 2 rings (SSSR count). The first-order chi connectivity index (χ1) is 9.36. The molecule has 1 fully saturated rings. The third-order valence-corrected chi connectivity index (χ3v) is 5.60. The second-order valence-electron chi connectivity index (χ2n) is 5.18. The van der Waals surface area contributed by atoms with Crippen molar-refractivity contribution in [3.63, 3.8) is 0 Å². The highest BCUT2D eigenvalue weighted by Crippen LogP contribution is 2.21.